The molecule has 1 aliphatic heterocycles. The smallest absolute Gasteiger partial charge is 0.279 e. The lowest BCUT2D eigenvalue weighted by Gasteiger charge is -2.10. The van der Waals surface area contributed by atoms with Crippen LogP contribution in [0.2, 0.25) is 0 Å². The number of rotatable bonds is 2. The van der Waals surface area contributed by atoms with Gasteiger partial charge in [-0.05, 0) is 31.2 Å². The molecule has 0 spiro atoms. The standard InChI is InChI=1S/C16H17N3O/c1-19-14-10-6-5-9-13(14)15(16(19)20)18-17-11-12-7-3-2-4-8-12/h2-3,5-6,9-12H,4,7-8H2,1H3/b17-11-,18-15+/t12-/m1/s1. The maximum absolute atomic E-state index is 12.2. The molecule has 0 saturated heterocycles. The molecule has 1 atom stereocenters. The van der Waals surface area contributed by atoms with Crippen LogP contribution in [0.5, 0.6) is 0 Å². The first-order valence-electron chi connectivity index (χ1n) is 6.91. The molecule has 0 bridgehead atoms. The fraction of sp³-hybridized carbons (Fsp3) is 0.312. The Kier molecular flexibility index (Phi) is 3.46. The van der Waals surface area contributed by atoms with E-state index < -0.39 is 0 Å². The number of amides is 1. The van der Waals surface area contributed by atoms with Crippen molar-refractivity contribution in [3.63, 3.8) is 0 Å². The van der Waals surface area contributed by atoms with Crippen molar-refractivity contribution in [1.29, 1.82) is 0 Å². The van der Waals surface area contributed by atoms with Crippen LogP contribution in [0.15, 0.2) is 46.6 Å². The Morgan fingerprint density at radius 1 is 1.30 bits per heavy atom. The van der Waals surface area contributed by atoms with Crippen molar-refractivity contribution in [1.82, 2.24) is 0 Å². The number of carbonyl (C=O) groups excluding carboxylic acids is 1. The summed E-state index contributed by atoms with van der Waals surface area (Å²) in [6.07, 6.45) is 9.45. The maximum Gasteiger partial charge on any atom is 0.279 e. The summed E-state index contributed by atoms with van der Waals surface area (Å²) in [6.45, 7) is 0. The highest BCUT2D eigenvalue weighted by molar-refractivity contribution is 6.54. The van der Waals surface area contributed by atoms with E-state index in [1.165, 1.54) is 0 Å². The van der Waals surface area contributed by atoms with Crippen LogP contribution in [-0.4, -0.2) is 24.9 Å². The van der Waals surface area contributed by atoms with Gasteiger partial charge < -0.3 is 4.90 Å². The molecular weight excluding hydrogens is 250 g/mol. The van der Waals surface area contributed by atoms with Gasteiger partial charge in [-0.15, -0.1) is 5.10 Å². The van der Waals surface area contributed by atoms with Crippen molar-refractivity contribution in [2.24, 2.45) is 16.1 Å². The largest absolute Gasteiger partial charge is 0.309 e. The number of hydrogen-bond acceptors (Lipinski definition) is 3. The number of likely N-dealkylation sites (N-methyl/N-ethyl adjacent to an activating group) is 1. The third-order valence-corrected chi connectivity index (χ3v) is 3.77. The van der Waals surface area contributed by atoms with Crippen molar-refractivity contribution in [2.75, 3.05) is 11.9 Å². The lowest BCUT2D eigenvalue weighted by Crippen LogP contribution is -2.25. The summed E-state index contributed by atoms with van der Waals surface area (Å²) >= 11 is 0. The van der Waals surface area contributed by atoms with Crippen LogP contribution < -0.4 is 4.90 Å². The van der Waals surface area contributed by atoms with Crippen LogP contribution in [0.3, 0.4) is 0 Å². The van der Waals surface area contributed by atoms with Gasteiger partial charge in [-0.3, -0.25) is 4.79 Å². The van der Waals surface area contributed by atoms with E-state index in [4.69, 9.17) is 0 Å². The summed E-state index contributed by atoms with van der Waals surface area (Å²) in [6, 6.07) is 7.67. The molecule has 0 aromatic heterocycles. The molecule has 1 aromatic carbocycles. The SMILES string of the molecule is CN1C(=O)/C(=N/N=C\[C@@H]2CC=CCC2)c2ccccc21. The summed E-state index contributed by atoms with van der Waals surface area (Å²) in [5, 5.41) is 8.30. The summed E-state index contributed by atoms with van der Waals surface area (Å²) in [7, 11) is 1.76. The molecule has 0 radical (unpaired) electrons. The van der Waals surface area contributed by atoms with Gasteiger partial charge in [0, 0.05) is 18.8 Å². The van der Waals surface area contributed by atoms with E-state index in [1.54, 1.807) is 11.9 Å². The van der Waals surface area contributed by atoms with Gasteiger partial charge in [0.25, 0.3) is 5.91 Å². The fourth-order valence-electron chi connectivity index (χ4n) is 2.58. The molecular formula is C16H17N3O. The Labute approximate surface area is 118 Å². The second-order valence-corrected chi connectivity index (χ2v) is 5.14. The molecule has 1 heterocycles. The topological polar surface area (TPSA) is 45.0 Å². The first-order valence-corrected chi connectivity index (χ1v) is 6.91. The summed E-state index contributed by atoms with van der Waals surface area (Å²) < 4.78 is 0. The van der Waals surface area contributed by atoms with Crippen LogP contribution in [0.1, 0.15) is 24.8 Å². The Morgan fingerprint density at radius 3 is 2.95 bits per heavy atom. The van der Waals surface area contributed by atoms with Crippen molar-refractivity contribution < 1.29 is 4.79 Å². The number of nitrogens with zero attached hydrogens (tertiary/aromatic N) is 3. The Morgan fingerprint density at radius 2 is 2.15 bits per heavy atom. The minimum Gasteiger partial charge on any atom is -0.309 e. The van der Waals surface area contributed by atoms with E-state index in [0.717, 1.165) is 30.5 Å². The van der Waals surface area contributed by atoms with Gasteiger partial charge in [-0.25, -0.2) is 0 Å². The molecule has 102 valence electrons. The lowest BCUT2D eigenvalue weighted by atomic mass is 9.96. The summed E-state index contributed by atoms with van der Waals surface area (Å²) in [4.78, 5) is 13.8. The van der Waals surface area contributed by atoms with E-state index in [2.05, 4.69) is 22.4 Å². The number of benzene rings is 1. The minimum atomic E-state index is -0.0908. The molecule has 20 heavy (non-hydrogen) atoms. The van der Waals surface area contributed by atoms with E-state index in [-0.39, 0.29) is 5.91 Å². The summed E-state index contributed by atoms with van der Waals surface area (Å²) in [5.74, 6) is 0.348. The number of fused-ring (bicyclic) bond motifs is 1. The van der Waals surface area contributed by atoms with Crippen LogP contribution in [0.4, 0.5) is 5.69 Å². The van der Waals surface area contributed by atoms with Gasteiger partial charge in [0.1, 0.15) is 0 Å². The highest BCUT2D eigenvalue weighted by Crippen LogP contribution is 2.27. The van der Waals surface area contributed by atoms with Crippen molar-refractivity contribution in [3.05, 3.63) is 42.0 Å². The Bertz CT molecular complexity index is 616. The number of carbonyl (C=O) groups is 1. The highest BCUT2D eigenvalue weighted by atomic mass is 16.2. The predicted octanol–water partition coefficient (Wildman–Crippen LogP) is 2.79. The van der Waals surface area contributed by atoms with Crippen LogP contribution in [0, 0.1) is 5.92 Å². The Balaban J connectivity index is 1.83. The molecule has 4 heteroatoms. The molecule has 0 fully saturated rings. The van der Waals surface area contributed by atoms with E-state index in [9.17, 15) is 4.79 Å². The van der Waals surface area contributed by atoms with Gasteiger partial charge in [0.15, 0.2) is 5.71 Å². The average Bonchev–Trinajstić information content (AvgIpc) is 2.74. The number of allylic oxidation sites excluding steroid dienone is 2. The van der Waals surface area contributed by atoms with Crippen LogP contribution in [0.25, 0.3) is 0 Å². The monoisotopic (exact) mass is 267 g/mol. The molecule has 0 N–H and O–H groups in total. The van der Waals surface area contributed by atoms with Gasteiger partial charge in [0.2, 0.25) is 0 Å². The number of anilines is 1. The van der Waals surface area contributed by atoms with Crippen molar-refractivity contribution in [3.8, 4) is 0 Å². The van der Waals surface area contributed by atoms with Crippen molar-refractivity contribution in [2.45, 2.75) is 19.3 Å². The molecule has 3 rings (SSSR count). The average molecular weight is 267 g/mol. The number of para-hydroxylation sites is 1. The van der Waals surface area contributed by atoms with Crippen LogP contribution >= 0.6 is 0 Å². The first-order chi connectivity index (χ1) is 9.77. The zero-order chi connectivity index (χ0) is 13.9. The summed E-state index contributed by atoms with van der Waals surface area (Å²) in [5.41, 5.74) is 2.19. The zero-order valence-corrected chi connectivity index (χ0v) is 11.5. The molecule has 1 amide bonds. The van der Waals surface area contributed by atoms with E-state index in [1.807, 2.05) is 30.5 Å². The van der Waals surface area contributed by atoms with Crippen molar-refractivity contribution >= 4 is 23.5 Å². The van der Waals surface area contributed by atoms with Gasteiger partial charge >= 0.3 is 0 Å². The van der Waals surface area contributed by atoms with Gasteiger partial charge in [-0.2, -0.15) is 5.10 Å². The highest BCUT2D eigenvalue weighted by Gasteiger charge is 2.30. The van der Waals surface area contributed by atoms with Crippen LogP contribution in [-0.2, 0) is 4.79 Å². The van der Waals surface area contributed by atoms with E-state index in [0.29, 0.717) is 11.6 Å². The normalized spacial score (nSPS) is 23.9. The molecule has 2 aliphatic rings. The van der Waals surface area contributed by atoms with Gasteiger partial charge in [0.05, 0.1) is 5.69 Å². The fourth-order valence-corrected chi connectivity index (χ4v) is 2.58. The molecule has 0 saturated carbocycles. The third-order valence-electron chi connectivity index (χ3n) is 3.77. The second kappa shape index (κ2) is 5.41. The lowest BCUT2D eigenvalue weighted by molar-refractivity contribution is -0.111. The molecule has 4 nitrogen and oxygen atoms in total. The first kappa shape index (κ1) is 12.8. The molecule has 1 aliphatic carbocycles. The predicted molar refractivity (Wildman–Crippen MR) is 81.4 cm³/mol. The third kappa shape index (κ3) is 2.29. The molecule has 1 aromatic rings. The number of hydrogen-bond donors (Lipinski definition) is 0. The molecule has 0 unspecified atom stereocenters. The Hall–Kier alpha value is -2.23. The van der Waals surface area contributed by atoms with E-state index >= 15 is 0 Å². The quantitative estimate of drug-likeness (QED) is 0.461. The second-order valence-electron chi connectivity index (χ2n) is 5.14. The minimum absolute atomic E-state index is 0.0908. The maximum atomic E-state index is 12.2. The van der Waals surface area contributed by atoms with Gasteiger partial charge in [-0.1, -0.05) is 30.4 Å². The zero-order valence-electron chi connectivity index (χ0n) is 11.5.